The van der Waals surface area contributed by atoms with E-state index in [4.69, 9.17) is 0 Å². The molecular weight excluding hydrogens is 260 g/mol. The second kappa shape index (κ2) is 5.42. The summed E-state index contributed by atoms with van der Waals surface area (Å²) < 4.78 is 1.83. The lowest BCUT2D eigenvalue weighted by Crippen LogP contribution is -2.53. The van der Waals surface area contributed by atoms with Crippen LogP contribution in [0.5, 0.6) is 0 Å². The van der Waals surface area contributed by atoms with Crippen LogP contribution in [0.1, 0.15) is 38.5 Å². The molecule has 0 saturated heterocycles. The van der Waals surface area contributed by atoms with E-state index in [0.29, 0.717) is 11.3 Å². The van der Waals surface area contributed by atoms with Crippen molar-refractivity contribution in [2.45, 2.75) is 60.5 Å². The van der Waals surface area contributed by atoms with E-state index in [-0.39, 0.29) is 12.1 Å². The largest absolute Gasteiger partial charge is 0.394 e. The van der Waals surface area contributed by atoms with Crippen molar-refractivity contribution in [3.63, 3.8) is 0 Å². The summed E-state index contributed by atoms with van der Waals surface area (Å²) in [5.41, 5.74) is -0.0598. The van der Waals surface area contributed by atoms with Crippen molar-refractivity contribution in [3.05, 3.63) is 6.33 Å². The Morgan fingerprint density at radius 1 is 1.53 bits per heavy atom. The average molecular weight is 282 g/mol. The van der Waals surface area contributed by atoms with Crippen molar-refractivity contribution in [2.75, 3.05) is 6.61 Å². The van der Waals surface area contributed by atoms with Gasteiger partial charge in [-0.1, -0.05) is 18.2 Å². The Morgan fingerprint density at radius 2 is 2.37 bits per heavy atom. The number of aliphatic hydroxyl groups excluding tert-OH is 1. The minimum atomic E-state index is -0.0598. The summed E-state index contributed by atoms with van der Waals surface area (Å²) in [5.74, 6) is 0. The Bertz CT molecular complexity index is 434. The lowest BCUT2D eigenvalue weighted by molar-refractivity contribution is 0.121. The first-order valence-corrected chi connectivity index (χ1v) is 7.98. The van der Waals surface area contributed by atoms with Crippen LogP contribution in [0.15, 0.2) is 11.5 Å². The molecule has 0 spiro atoms. The third kappa shape index (κ3) is 3.12. The molecule has 1 heterocycles. The van der Waals surface area contributed by atoms with Gasteiger partial charge in [-0.2, -0.15) is 5.10 Å². The summed E-state index contributed by atoms with van der Waals surface area (Å²) in [6.45, 7) is 0.249. The van der Waals surface area contributed by atoms with Gasteiger partial charge in [-0.25, -0.2) is 9.67 Å². The normalized spacial score (nSPS) is 31.6. The molecule has 0 radical (unpaired) electrons. The molecule has 2 unspecified atom stereocenters. The SMILES string of the molecule is Cn1ncnc1SC1CCCC(CO)(NC2CC2)C1. The van der Waals surface area contributed by atoms with Gasteiger partial charge in [-0.3, -0.25) is 0 Å². The zero-order valence-corrected chi connectivity index (χ0v) is 12.2. The van der Waals surface area contributed by atoms with Gasteiger partial charge in [0.15, 0.2) is 5.16 Å². The minimum absolute atomic E-state index is 0.0598. The second-order valence-corrected chi connectivity index (χ2v) is 7.13. The minimum Gasteiger partial charge on any atom is -0.394 e. The van der Waals surface area contributed by atoms with E-state index in [9.17, 15) is 5.11 Å². The molecule has 1 aromatic heterocycles. The number of nitrogens with one attached hydrogen (secondary N) is 1. The molecule has 0 aromatic carbocycles. The summed E-state index contributed by atoms with van der Waals surface area (Å²) in [7, 11) is 1.93. The highest BCUT2D eigenvalue weighted by molar-refractivity contribution is 7.99. The van der Waals surface area contributed by atoms with Crippen LogP contribution in [0, 0.1) is 0 Å². The van der Waals surface area contributed by atoms with Crippen LogP contribution in [-0.2, 0) is 7.05 Å². The van der Waals surface area contributed by atoms with E-state index in [1.165, 1.54) is 25.7 Å². The summed E-state index contributed by atoms with van der Waals surface area (Å²) in [5, 5.41) is 19.1. The number of rotatable bonds is 5. The van der Waals surface area contributed by atoms with Crippen LogP contribution in [-0.4, -0.2) is 43.3 Å². The maximum absolute atomic E-state index is 9.81. The molecule has 0 amide bonds. The summed E-state index contributed by atoms with van der Waals surface area (Å²) in [6, 6.07) is 0.644. The molecule has 2 aliphatic rings. The van der Waals surface area contributed by atoms with E-state index in [1.807, 2.05) is 11.7 Å². The zero-order chi connectivity index (χ0) is 13.3. The van der Waals surface area contributed by atoms with Crippen molar-refractivity contribution >= 4 is 11.8 Å². The van der Waals surface area contributed by atoms with E-state index >= 15 is 0 Å². The van der Waals surface area contributed by atoms with Crippen molar-refractivity contribution < 1.29 is 5.11 Å². The number of thioether (sulfide) groups is 1. The Kier molecular flexibility index (Phi) is 3.82. The van der Waals surface area contributed by atoms with Gasteiger partial charge < -0.3 is 10.4 Å². The molecule has 0 bridgehead atoms. The first-order valence-electron chi connectivity index (χ1n) is 7.10. The molecule has 6 heteroatoms. The summed E-state index contributed by atoms with van der Waals surface area (Å²) in [4.78, 5) is 4.29. The van der Waals surface area contributed by atoms with Crippen LogP contribution in [0.3, 0.4) is 0 Å². The van der Waals surface area contributed by atoms with Crippen molar-refractivity contribution in [2.24, 2.45) is 7.05 Å². The number of aryl methyl sites for hydroxylation is 1. The van der Waals surface area contributed by atoms with E-state index in [1.54, 1.807) is 18.1 Å². The molecule has 2 N–H and O–H groups in total. The molecule has 3 rings (SSSR count). The maximum atomic E-state index is 9.81. The molecule has 0 aliphatic heterocycles. The quantitative estimate of drug-likeness (QED) is 0.853. The lowest BCUT2D eigenvalue weighted by atomic mass is 9.82. The fraction of sp³-hybridized carbons (Fsp3) is 0.846. The Balaban J connectivity index is 1.64. The van der Waals surface area contributed by atoms with Crippen molar-refractivity contribution in [3.8, 4) is 0 Å². The van der Waals surface area contributed by atoms with Gasteiger partial charge in [0, 0.05) is 23.9 Å². The highest BCUT2D eigenvalue weighted by atomic mass is 32.2. The van der Waals surface area contributed by atoms with E-state index in [2.05, 4.69) is 15.4 Å². The summed E-state index contributed by atoms with van der Waals surface area (Å²) in [6.07, 6.45) is 8.63. The highest BCUT2D eigenvalue weighted by Crippen LogP contribution is 2.39. The predicted molar refractivity (Wildman–Crippen MR) is 75.1 cm³/mol. The maximum Gasteiger partial charge on any atom is 0.186 e. The lowest BCUT2D eigenvalue weighted by Gasteiger charge is -2.40. The van der Waals surface area contributed by atoms with Gasteiger partial charge in [0.1, 0.15) is 6.33 Å². The van der Waals surface area contributed by atoms with E-state index < -0.39 is 0 Å². The molecule has 2 atom stereocenters. The van der Waals surface area contributed by atoms with Gasteiger partial charge in [0.2, 0.25) is 0 Å². The Labute approximate surface area is 118 Å². The number of hydrogen-bond acceptors (Lipinski definition) is 5. The second-order valence-electron chi connectivity index (χ2n) is 5.86. The van der Waals surface area contributed by atoms with Gasteiger partial charge in [0.05, 0.1) is 6.61 Å². The molecule has 2 aliphatic carbocycles. The van der Waals surface area contributed by atoms with E-state index in [0.717, 1.165) is 18.0 Å². The van der Waals surface area contributed by atoms with Crippen molar-refractivity contribution in [1.29, 1.82) is 0 Å². The number of aromatic nitrogens is 3. The predicted octanol–water partition coefficient (Wildman–Crippen LogP) is 1.33. The van der Waals surface area contributed by atoms with Gasteiger partial charge in [0.25, 0.3) is 0 Å². The molecular formula is C13H22N4OS. The summed E-state index contributed by atoms with van der Waals surface area (Å²) >= 11 is 1.80. The number of aliphatic hydroxyl groups is 1. The van der Waals surface area contributed by atoms with Crippen LogP contribution in [0.2, 0.25) is 0 Å². The average Bonchev–Trinajstić information content (AvgIpc) is 3.13. The third-order valence-electron chi connectivity index (χ3n) is 4.13. The van der Waals surface area contributed by atoms with Crippen LogP contribution >= 0.6 is 11.8 Å². The Hall–Kier alpha value is -0.590. The first-order chi connectivity index (χ1) is 9.21. The van der Waals surface area contributed by atoms with Gasteiger partial charge in [-0.15, -0.1) is 0 Å². The number of hydrogen-bond donors (Lipinski definition) is 2. The number of nitrogens with zero attached hydrogens (tertiary/aromatic N) is 3. The smallest absolute Gasteiger partial charge is 0.186 e. The topological polar surface area (TPSA) is 63.0 Å². The third-order valence-corrected chi connectivity index (χ3v) is 5.45. The standard InChI is InChI=1S/C13H22N4OS/c1-17-12(14-9-15-17)19-11-3-2-6-13(7-11,8-18)16-10-4-5-10/h9-11,16,18H,2-8H2,1H3. The fourth-order valence-corrected chi connectivity index (χ4v) is 4.22. The molecule has 5 nitrogen and oxygen atoms in total. The molecule has 1 aromatic rings. The monoisotopic (exact) mass is 282 g/mol. The van der Waals surface area contributed by atoms with Crippen molar-refractivity contribution in [1.82, 2.24) is 20.1 Å². The molecule has 2 saturated carbocycles. The fourth-order valence-electron chi connectivity index (χ4n) is 2.93. The van der Waals surface area contributed by atoms with Crippen LogP contribution in [0.25, 0.3) is 0 Å². The van der Waals surface area contributed by atoms with Crippen LogP contribution in [0.4, 0.5) is 0 Å². The zero-order valence-electron chi connectivity index (χ0n) is 11.4. The highest BCUT2D eigenvalue weighted by Gasteiger charge is 2.40. The molecule has 2 fully saturated rings. The first kappa shape index (κ1) is 13.4. The molecule has 106 valence electrons. The van der Waals surface area contributed by atoms with Gasteiger partial charge in [-0.05, 0) is 32.1 Å². The Morgan fingerprint density at radius 3 is 3.00 bits per heavy atom. The van der Waals surface area contributed by atoms with Gasteiger partial charge >= 0.3 is 0 Å². The molecule has 19 heavy (non-hydrogen) atoms. The van der Waals surface area contributed by atoms with Crippen LogP contribution < -0.4 is 5.32 Å².